The molecule has 99 valence electrons. The second-order valence-electron chi connectivity index (χ2n) is 4.48. The largest absolute Gasteiger partial charge is 0.494 e. The first-order valence-corrected chi connectivity index (χ1v) is 6.54. The number of pyridine rings is 1. The summed E-state index contributed by atoms with van der Waals surface area (Å²) < 4.78 is 5.49. The molecule has 1 heterocycles. The van der Waals surface area contributed by atoms with Gasteiger partial charge in [-0.2, -0.15) is 0 Å². The number of H-pyrrole nitrogens is 1. The van der Waals surface area contributed by atoms with E-state index in [9.17, 15) is 4.79 Å². The molecule has 0 amide bonds. The van der Waals surface area contributed by atoms with E-state index in [1.165, 1.54) is 0 Å². The maximum atomic E-state index is 12.1. The van der Waals surface area contributed by atoms with Crippen LogP contribution in [0.1, 0.15) is 6.92 Å². The van der Waals surface area contributed by atoms with Crippen LogP contribution in [0.15, 0.2) is 53.3 Å². The van der Waals surface area contributed by atoms with Crippen LogP contribution in [0.3, 0.4) is 0 Å². The molecular weight excluding hydrogens is 250 g/mol. The number of hydrogen-bond acceptors (Lipinski definition) is 2. The Balaban J connectivity index is 2.18. The number of aromatic amines is 1. The highest BCUT2D eigenvalue weighted by Gasteiger charge is 2.06. The highest BCUT2D eigenvalue weighted by atomic mass is 16.5. The van der Waals surface area contributed by atoms with Gasteiger partial charge in [0.1, 0.15) is 5.75 Å². The molecule has 1 aromatic heterocycles. The molecule has 0 atom stereocenters. The van der Waals surface area contributed by atoms with Gasteiger partial charge in [-0.15, -0.1) is 0 Å². The summed E-state index contributed by atoms with van der Waals surface area (Å²) in [7, 11) is 0. The van der Waals surface area contributed by atoms with Crippen LogP contribution in [0.2, 0.25) is 0 Å². The van der Waals surface area contributed by atoms with Gasteiger partial charge in [-0.3, -0.25) is 4.79 Å². The zero-order valence-corrected chi connectivity index (χ0v) is 11.1. The molecule has 1 N–H and O–H groups in total. The monoisotopic (exact) mass is 264 g/mol. The zero-order chi connectivity index (χ0) is 13.9. The third kappa shape index (κ3) is 2.30. The van der Waals surface area contributed by atoms with Crippen LogP contribution in [0.25, 0.3) is 22.0 Å². The minimum Gasteiger partial charge on any atom is -0.494 e. The number of fused-ring (bicyclic) bond motifs is 1. The first-order chi connectivity index (χ1) is 9.78. The molecule has 0 aliphatic rings. The normalized spacial score (nSPS) is 10.7. The van der Waals surface area contributed by atoms with Crippen molar-refractivity contribution in [1.29, 1.82) is 0 Å². The average Bonchev–Trinajstić information content (AvgIpc) is 2.48. The highest BCUT2D eigenvalue weighted by Crippen LogP contribution is 2.23. The number of nitrogens with one attached hydrogen (secondary N) is 1. The van der Waals surface area contributed by atoms with Crippen molar-refractivity contribution in [2.75, 3.05) is 6.61 Å². The van der Waals surface area contributed by atoms with Crippen LogP contribution >= 0.6 is 0 Å². The Morgan fingerprint density at radius 1 is 1.15 bits per heavy atom. The summed E-state index contributed by atoms with van der Waals surface area (Å²) in [5.41, 5.74) is 2.26. The molecule has 0 bridgehead atoms. The van der Waals surface area contributed by atoms with E-state index < -0.39 is 0 Å². The third-order valence-corrected chi connectivity index (χ3v) is 3.16. The second-order valence-corrected chi connectivity index (χ2v) is 4.48. The van der Waals surface area contributed by atoms with Gasteiger partial charge in [0.25, 0.3) is 5.56 Å². The van der Waals surface area contributed by atoms with Crippen molar-refractivity contribution >= 4 is 10.9 Å². The summed E-state index contributed by atoms with van der Waals surface area (Å²) >= 11 is 0. The fourth-order valence-corrected chi connectivity index (χ4v) is 2.22. The van der Waals surface area contributed by atoms with Gasteiger partial charge in [-0.05, 0) is 42.8 Å². The van der Waals surface area contributed by atoms with Crippen LogP contribution in [0.5, 0.6) is 5.75 Å². The average molecular weight is 264 g/mol. The van der Waals surface area contributed by atoms with Gasteiger partial charge in [0.15, 0.2) is 0 Å². The SMILES string of the molecule is CCOc1ccc2[nH]c(=O)c(-c3cc[c]cc3)cc2c1. The Bertz CT molecular complexity index is 791. The van der Waals surface area contributed by atoms with Gasteiger partial charge in [0.05, 0.1) is 6.61 Å². The van der Waals surface area contributed by atoms with Gasteiger partial charge < -0.3 is 9.72 Å². The number of rotatable bonds is 3. The van der Waals surface area contributed by atoms with Gasteiger partial charge in [0, 0.05) is 16.5 Å². The lowest BCUT2D eigenvalue weighted by atomic mass is 10.1. The summed E-state index contributed by atoms with van der Waals surface area (Å²) in [5, 5.41) is 0.957. The van der Waals surface area contributed by atoms with E-state index >= 15 is 0 Å². The summed E-state index contributed by atoms with van der Waals surface area (Å²) in [6.07, 6.45) is 0. The summed E-state index contributed by atoms with van der Waals surface area (Å²) in [6, 6.07) is 17.9. The molecule has 1 radical (unpaired) electrons. The lowest BCUT2D eigenvalue weighted by Crippen LogP contribution is -2.08. The van der Waals surface area contributed by atoms with E-state index in [1.807, 2.05) is 43.3 Å². The molecule has 0 fully saturated rings. The van der Waals surface area contributed by atoms with Crippen LogP contribution in [-0.2, 0) is 0 Å². The first-order valence-electron chi connectivity index (χ1n) is 6.54. The fraction of sp³-hybridized carbons (Fsp3) is 0.118. The minimum atomic E-state index is -0.0899. The molecule has 3 aromatic rings. The number of benzene rings is 2. The van der Waals surface area contributed by atoms with E-state index in [0.717, 1.165) is 22.2 Å². The Labute approximate surface area is 116 Å². The van der Waals surface area contributed by atoms with Crippen molar-refractivity contribution in [3.05, 3.63) is 65.0 Å². The Morgan fingerprint density at radius 3 is 2.70 bits per heavy atom. The van der Waals surface area contributed by atoms with E-state index in [1.54, 1.807) is 12.1 Å². The fourth-order valence-electron chi connectivity index (χ4n) is 2.22. The first kappa shape index (κ1) is 12.5. The Hall–Kier alpha value is -2.55. The molecular formula is C17H14NO2. The standard InChI is InChI=1S/C17H14NO2/c1-2-20-14-8-9-16-13(10-14)11-15(17(19)18-16)12-6-4-3-5-7-12/h4-11H,2H2,1H3,(H,18,19). The molecule has 0 aliphatic heterocycles. The molecule has 2 aromatic carbocycles. The van der Waals surface area contributed by atoms with Crippen molar-refractivity contribution in [3.8, 4) is 16.9 Å². The van der Waals surface area contributed by atoms with Gasteiger partial charge in [-0.25, -0.2) is 0 Å². The molecule has 0 unspecified atom stereocenters. The zero-order valence-electron chi connectivity index (χ0n) is 11.1. The lowest BCUT2D eigenvalue weighted by Gasteiger charge is -2.06. The predicted octanol–water partition coefficient (Wildman–Crippen LogP) is 3.39. The number of hydrogen-bond donors (Lipinski definition) is 1. The smallest absolute Gasteiger partial charge is 0.256 e. The molecule has 3 rings (SSSR count). The molecule has 0 aliphatic carbocycles. The van der Waals surface area contributed by atoms with E-state index in [0.29, 0.717) is 12.2 Å². The van der Waals surface area contributed by atoms with E-state index in [-0.39, 0.29) is 5.56 Å². The molecule has 3 heteroatoms. The van der Waals surface area contributed by atoms with Gasteiger partial charge >= 0.3 is 0 Å². The van der Waals surface area contributed by atoms with Crippen molar-refractivity contribution in [2.24, 2.45) is 0 Å². The summed E-state index contributed by atoms with van der Waals surface area (Å²) in [6.45, 7) is 2.57. The molecule has 3 nitrogen and oxygen atoms in total. The predicted molar refractivity (Wildman–Crippen MR) is 80.0 cm³/mol. The maximum absolute atomic E-state index is 12.1. The van der Waals surface area contributed by atoms with Crippen LogP contribution < -0.4 is 10.3 Å². The summed E-state index contributed by atoms with van der Waals surface area (Å²) in [5.74, 6) is 0.805. The summed E-state index contributed by atoms with van der Waals surface area (Å²) in [4.78, 5) is 15.1. The van der Waals surface area contributed by atoms with E-state index in [4.69, 9.17) is 4.74 Å². The lowest BCUT2D eigenvalue weighted by molar-refractivity contribution is 0.340. The minimum absolute atomic E-state index is 0.0899. The third-order valence-electron chi connectivity index (χ3n) is 3.16. The van der Waals surface area contributed by atoms with Crippen molar-refractivity contribution < 1.29 is 4.74 Å². The van der Waals surface area contributed by atoms with Gasteiger partial charge in [-0.1, -0.05) is 24.3 Å². The topological polar surface area (TPSA) is 42.1 Å². The van der Waals surface area contributed by atoms with Crippen molar-refractivity contribution in [1.82, 2.24) is 4.98 Å². The van der Waals surface area contributed by atoms with E-state index in [2.05, 4.69) is 11.1 Å². The highest BCUT2D eigenvalue weighted by molar-refractivity contribution is 5.84. The number of aromatic nitrogens is 1. The van der Waals surface area contributed by atoms with Crippen molar-refractivity contribution in [2.45, 2.75) is 6.92 Å². The maximum Gasteiger partial charge on any atom is 0.256 e. The van der Waals surface area contributed by atoms with Gasteiger partial charge in [0.2, 0.25) is 0 Å². The molecule has 0 spiro atoms. The Morgan fingerprint density at radius 2 is 1.95 bits per heavy atom. The number of ether oxygens (including phenoxy) is 1. The van der Waals surface area contributed by atoms with Crippen LogP contribution in [0, 0.1) is 6.07 Å². The van der Waals surface area contributed by atoms with Crippen LogP contribution in [-0.4, -0.2) is 11.6 Å². The quantitative estimate of drug-likeness (QED) is 0.787. The molecule has 0 saturated carbocycles. The second kappa shape index (κ2) is 5.21. The van der Waals surface area contributed by atoms with Crippen molar-refractivity contribution in [3.63, 3.8) is 0 Å². The molecule has 20 heavy (non-hydrogen) atoms. The molecule has 0 saturated heterocycles. The Kier molecular flexibility index (Phi) is 3.25. The van der Waals surface area contributed by atoms with Crippen LogP contribution in [0.4, 0.5) is 0 Å².